The van der Waals surface area contributed by atoms with Crippen molar-refractivity contribution in [3.8, 4) is 0 Å². The number of rotatable bonds is 0. The molecule has 0 aromatic rings. The van der Waals surface area contributed by atoms with Gasteiger partial charge in [-0.25, -0.2) is 0 Å². The smallest absolute Gasteiger partial charge is 0.167 e. The molecule has 4 rings (SSSR count). The monoisotopic (exact) mass is 302 g/mol. The van der Waals surface area contributed by atoms with Crippen molar-refractivity contribution in [3.05, 3.63) is 12.2 Å². The molecule has 1 spiro atoms. The fourth-order valence-electron chi connectivity index (χ4n) is 6.29. The van der Waals surface area contributed by atoms with Crippen LogP contribution in [0.5, 0.6) is 0 Å². The molecular formula is C19H26O3. The van der Waals surface area contributed by atoms with Gasteiger partial charge in [0.05, 0.1) is 0 Å². The first-order chi connectivity index (χ1) is 10.2. The van der Waals surface area contributed by atoms with Crippen LogP contribution < -0.4 is 0 Å². The van der Waals surface area contributed by atoms with E-state index in [-0.39, 0.29) is 16.6 Å². The Labute approximate surface area is 132 Å². The van der Waals surface area contributed by atoms with E-state index in [1.54, 1.807) is 0 Å². The van der Waals surface area contributed by atoms with Gasteiger partial charge >= 0.3 is 0 Å². The molecule has 0 saturated heterocycles. The van der Waals surface area contributed by atoms with Crippen molar-refractivity contribution < 1.29 is 14.7 Å². The number of hydrogen-bond acceptors (Lipinski definition) is 3. The molecule has 1 N–H and O–H groups in total. The van der Waals surface area contributed by atoms with Gasteiger partial charge in [0.2, 0.25) is 0 Å². The van der Waals surface area contributed by atoms with E-state index in [2.05, 4.69) is 19.1 Å². The average molecular weight is 302 g/mol. The predicted molar refractivity (Wildman–Crippen MR) is 83.0 cm³/mol. The van der Waals surface area contributed by atoms with Crippen molar-refractivity contribution in [1.82, 2.24) is 0 Å². The number of allylic oxidation sites excluding steroid dienone is 2. The Morgan fingerprint density at radius 1 is 1.14 bits per heavy atom. The van der Waals surface area contributed by atoms with Crippen molar-refractivity contribution in [2.45, 2.75) is 59.0 Å². The number of hydrogen-bond donors (Lipinski definition) is 1. The molecular weight excluding hydrogens is 276 g/mol. The van der Waals surface area contributed by atoms with E-state index < -0.39 is 11.5 Å². The van der Waals surface area contributed by atoms with Crippen LogP contribution in [0.2, 0.25) is 0 Å². The van der Waals surface area contributed by atoms with Crippen molar-refractivity contribution in [3.63, 3.8) is 0 Å². The second-order valence-corrected chi connectivity index (χ2v) is 9.04. The Balaban J connectivity index is 1.74. The fourth-order valence-corrected chi connectivity index (χ4v) is 6.29. The first-order valence-electron chi connectivity index (χ1n) is 8.66. The summed E-state index contributed by atoms with van der Waals surface area (Å²) in [7, 11) is 0. The van der Waals surface area contributed by atoms with Gasteiger partial charge in [-0.3, -0.25) is 9.59 Å². The summed E-state index contributed by atoms with van der Waals surface area (Å²) >= 11 is 0. The van der Waals surface area contributed by atoms with Crippen molar-refractivity contribution in [1.29, 1.82) is 0 Å². The van der Waals surface area contributed by atoms with Crippen LogP contribution in [-0.2, 0) is 9.59 Å². The second-order valence-electron chi connectivity index (χ2n) is 9.04. The van der Waals surface area contributed by atoms with Gasteiger partial charge in [-0.1, -0.05) is 26.0 Å². The summed E-state index contributed by atoms with van der Waals surface area (Å²) in [4.78, 5) is 25.0. The zero-order valence-corrected chi connectivity index (χ0v) is 13.8. The van der Waals surface area contributed by atoms with Crippen LogP contribution in [0.4, 0.5) is 0 Å². The molecule has 2 bridgehead atoms. The van der Waals surface area contributed by atoms with Crippen LogP contribution in [0.3, 0.4) is 0 Å². The summed E-state index contributed by atoms with van der Waals surface area (Å²) in [6.45, 7) is 6.06. The van der Waals surface area contributed by atoms with Crippen LogP contribution in [0.25, 0.3) is 0 Å². The van der Waals surface area contributed by atoms with E-state index in [1.807, 2.05) is 13.8 Å². The fraction of sp³-hybridized carbons (Fsp3) is 0.789. The summed E-state index contributed by atoms with van der Waals surface area (Å²) < 4.78 is 0. The minimum absolute atomic E-state index is 0.00126. The third-order valence-corrected chi connectivity index (χ3v) is 7.57. The first-order valence-corrected chi connectivity index (χ1v) is 8.66. The molecule has 0 heterocycles. The highest BCUT2D eigenvalue weighted by Crippen LogP contribution is 2.66. The standard InChI is InChI=1S/C19H26O3/c1-17(2)12-4-5-19-7-6-18(3,10-19)15(21)9-13(19)11(12)8-14(20)16(17)22/h6-7,11-14,20H,4-5,8-10H2,1-3H3/t11-,12+,13+,14-,18-,19+/m1/s1. The summed E-state index contributed by atoms with van der Waals surface area (Å²) in [6, 6.07) is 0. The lowest BCUT2D eigenvalue weighted by molar-refractivity contribution is -0.161. The maximum atomic E-state index is 12.6. The molecule has 0 aromatic heterocycles. The van der Waals surface area contributed by atoms with Gasteiger partial charge in [0.1, 0.15) is 11.9 Å². The minimum Gasteiger partial charge on any atom is -0.385 e. The third kappa shape index (κ3) is 1.61. The van der Waals surface area contributed by atoms with Gasteiger partial charge in [0.15, 0.2) is 5.78 Å². The molecule has 3 heteroatoms. The maximum Gasteiger partial charge on any atom is 0.167 e. The summed E-state index contributed by atoms with van der Waals surface area (Å²) in [5.41, 5.74) is -0.585. The van der Waals surface area contributed by atoms with Crippen LogP contribution in [-0.4, -0.2) is 22.8 Å². The van der Waals surface area contributed by atoms with Gasteiger partial charge in [-0.05, 0) is 55.8 Å². The molecule has 0 radical (unpaired) electrons. The highest BCUT2D eigenvalue weighted by molar-refractivity contribution is 5.90. The number of fused-ring (bicyclic) bond motifs is 3. The minimum atomic E-state index is -0.847. The van der Waals surface area contributed by atoms with Crippen molar-refractivity contribution in [2.75, 3.05) is 0 Å². The number of aliphatic hydroxyl groups excluding tert-OH is 1. The molecule has 4 aliphatic carbocycles. The van der Waals surface area contributed by atoms with Gasteiger partial charge in [-0.15, -0.1) is 0 Å². The predicted octanol–water partition coefficient (Wildman–Crippen LogP) is 2.91. The first kappa shape index (κ1) is 14.6. The second kappa shape index (κ2) is 4.11. The van der Waals surface area contributed by atoms with E-state index in [4.69, 9.17) is 0 Å². The van der Waals surface area contributed by atoms with E-state index >= 15 is 0 Å². The largest absolute Gasteiger partial charge is 0.385 e. The Morgan fingerprint density at radius 3 is 2.59 bits per heavy atom. The molecule has 0 aliphatic heterocycles. The molecule has 3 nitrogen and oxygen atoms in total. The topological polar surface area (TPSA) is 54.4 Å². The Bertz CT molecular complexity index is 589. The van der Waals surface area contributed by atoms with Crippen LogP contribution in [0, 0.1) is 34.0 Å². The zero-order chi connectivity index (χ0) is 15.9. The molecule has 0 aromatic carbocycles. The zero-order valence-electron chi connectivity index (χ0n) is 13.8. The number of Topliss-reactive ketones (excluding diaryl/α,β-unsaturated/α-hetero) is 2. The summed E-state index contributed by atoms with van der Waals surface area (Å²) in [6.07, 6.45) is 7.86. The lowest BCUT2D eigenvalue weighted by Gasteiger charge is -2.58. The highest BCUT2D eigenvalue weighted by Gasteiger charge is 2.62. The van der Waals surface area contributed by atoms with E-state index in [1.165, 1.54) is 0 Å². The molecule has 4 aliphatic rings. The molecule has 3 saturated carbocycles. The lowest BCUT2D eigenvalue weighted by Crippen LogP contribution is -2.57. The van der Waals surface area contributed by atoms with Crippen molar-refractivity contribution in [2.24, 2.45) is 34.0 Å². The van der Waals surface area contributed by atoms with Crippen LogP contribution >= 0.6 is 0 Å². The summed E-state index contributed by atoms with van der Waals surface area (Å²) in [5.74, 6) is 1.27. The van der Waals surface area contributed by atoms with Gasteiger partial charge in [-0.2, -0.15) is 0 Å². The van der Waals surface area contributed by atoms with Gasteiger partial charge < -0.3 is 5.11 Å². The number of carbonyl (C=O) groups excluding carboxylic acids is 2. The molecule has 0 unspecified atom stereocenters. The van der Waals surface area contributed by atoms with Crippen LogP contribution in [0.1, 0.15) is 52.9 Å². The lowest BCUT2D eigenvalue weighted by atomic mass is 9.45. The Hall–Kier alpha value is -0.960. The van der Waals surface area contributed by atoms with Crippen LogP contribution in [0.15, 0.2) is 12.2 Å². The average Bonchev–Trinajstić information content (AvgIpc) is 2.74. The third-order valence-electron chi connectivity index (χ3n) is 7.57. The number of aliphatic hydroxyl groups is 1. The molecule has 3 fully saturated rings. The molecule has 120 valence electrons. The van der Waals surface area contributed by atoms with E-state index in [9.17, 15) is 14.7 Å². The molecule has 0 amide bonds. The van der Waals surface area contributed by atoms with Gasteiger partial charge in [0, 0.05) is 17.3 Å². The Kier molecular flexibility index (Phi) is 2.73. The normalized spacial score (nSPS) is 52.4. The van der Waals surface area contributed by atoms with Gasteiger partial charge in [0.25, 0.3) is 0 Å². The summed E-state index contributed by atoms with van der Waals surface area (Å²) in [5, 5.41) is 10.3. The van der Waals surface area contributed by atoms with E-state index in [0.717, 1.165) is 19.3 Å². The van der Waals surface area contributed by atoms with E-state index in [0.29, 0.717) is 36.4 Å². The van der Waals surface area contributed by atoms with Crippen molar-refractivity contribution >= 4 is 11.6 Å². The quantitative estimate of drug-likeness (QED) is 0.700. The number of ketones is 2. The molecule has 6 atom stereocenters. The number of carbonyl (C=O) groups is 2. The highest BCUT2D eigenvalue weighted by atomic mass is 16.3. The Morgan fingerprint density at radius 2 is 1.86 bits per heavy atom. The SMILES string of the molecule is CC1(C)C(=O)[C@H](O)C[C@@H]2[C@@H]1CC[C@]13C=C[C@](C)(C1)C(=O)C[C@@H]23. The maximum absolute atomic E-state index is 12.6. The molecule has 22 heavy (non-hydrogen) atoms.